The fraction of sp³-hybridized carbons (Fsp3) is 0.452. The number of benzene rings is 1. The fourth-order valence-corrected chi connectivity index (χ4v) is 7.32. The molecule has 0 bridgehead atoms. The zero-order valence-corrected chi connectivity index (χ0v) is 24.3. The molecule has 4 atom stereocenters. The van der Waals surface area contributed by atoms with Gasteiger partial charge in [0, 0.05) is 43.2 Å². The van der Waals surface area contributed by atoms with Crippen LogP contribution in [-0.4, -0.2) is 112 Å². The van der Waals surface area contributed by atoms with Gasteiger partial charge in [-0.3, -0.25) is 24.2 Å². The number of fused-ring (bicyclic) bond motifs is 3. The number of carbonyl (C=O) groups is 3. The topological polar surface area (TPSA) is 181 Å². The van der Waals surface area contributed by atoms with Crippen molar-refractivity contribution in [3.8, 4) is 17.1 Å². The van der Waals surface area contributed by atoms with Gasteiger partial charge < -0.3 is 35.5 Å². The minimum absolute atomic E-state index is 0.0215. The number of nitrogens with zero attached hydrogens (tertiary/aromatic N) is 3. The summed E-state index contributed by atoms with van der Waals surface area (Å²) in [5.74, 6) is -5.48. The third-order valence-electron chi connectivity index (χ3n) is 9.51. The Kier molecular flexibility index (Phi) is 7.00. The molecule has 4 unspecified atom stereocenters. The molecule has 2 heterocycles. The maximum absolute atomic E-state index is 14.0. The van der Waals surface area contributed by atoms with Crippen LogP contribution in [0, 0.1) is 11.8 Å². The molecule has 228 valence electrons. The van der Waals surface area contributed by atoms with E-state index in [0.29, 0.717) is 23.4 Å². The second kappa shape index (κ2) is 10.3. The summed E-state index contributed by atoms with van der Waals surface area (Å²) in [4.78, 5) is 45.7. The molecule has 12 nitrogen and oxygen atoms in total. The lowest BCUT2D eigenvalue weighted by Gasteiger charge is -2.50. The summed E-state index contributed by atoms with van der Waals surface area (Å²) in [6, 6.07) is 5.76. The number of aliphatic hydroxyl groups is 3. The van der Waals surface area contributed by atoms with Gasteiger partial charge in [0.15, 0.2) is 11.4 Å². The minimum Gasteiger partial charge on any atom is -0.510 e. The average Bonchev–Trinajstić information content (AvgIpc) is 3.40. The second-order valence-electron chi connectivity index (χ2n) is 12.3. The van der Waals surface area contributed by atoms with E-state index >= 15 is 0 Å². The first-order chi connectivity index (χ1) is 20.3. The first kappa shape index (κ1) is 29.1. The van der Waals surface area contributed by atoms with Crippen molar-refractivity contribution in [3.63, 3.8) is 0 Å². The number of nitrogens with two attached hydrogens (primary N) is 1. The van der Waals surface area contributed by atoms with E-state index in [1.807, 2.05) is 12.1 Å². The number of rotatable bonds is 5. The summed E-state index contributed by atoms with van der Waals surface area (Å²) in [7, 11) is 5.29. The van der Waals surface area contributed by atoms with E-state index in [1.165, 1.54) is 11.0 Å². The number of furan rings is 1. The Hall–Kier alpha value is -3.97. The molecular formula is C31H36N4O8. The summed E-state index contributed by atoms with van der Waals surface area (Å²) in [5.41, 5.74) is 2.80. The largest absolute Gasteiger partial charge is 0.510 e. The molecule has 1 amide bonds. The SMILES string of the molecule is CN1CCN(Cc2ccc(-c3ccc(O)c4c3CC3CC5C(N(C)C)C(O)=C(C(N)=O)C(=O)C5(O)C(O)=C3C4=O)o2)CC1. The van der Waals surface area contributed by atoms with Crippen LogP contribution in [-0.2, 0) is 22.6 Å². The normalized spacial score (nSPS) is 28.3. The van der Waals surface area contributed by atoms with Crippen molar-refractivity contribution in [2.45, 2.75) is 31.0 Å². The van der Waals surface area contributed by atoms with Gasteiger partial charge in [-0.1, -0.05) is 0 Å². The van der Waals surface area contributed by atoms with Crippen molar-refractivity contribution in [3.05, 3.63) is 63.8 Å². The number of allylic oxidation sites excluding steroid dienone is 1. The zero-order valence-electron chi connectivity index (χ0n) is 24.3. The molecular weight excluding hydrogens is 556 g/mol. The molecule has 6 rings (SSSR count). The highest BCUT2D eigenvalue weighted by Crippen LogP contribution is 2.53. The molecule has 1 fully saturated rings. The molecule has 0 saturated carbocycles. The summed E-state index contributed by atoms with van der Waals surface area (Å²) < 4.78 is 6.23. The van der Waals surface area contributed by atoms with E-state index in [2.05, 4.69) is 16.8 Å². The first-order valence-electron chi connectivity index (χ1n) is 14.3. The highest BCUT2D eigenvalue weighted by Gasteiger charge is 2.63. The Balaban J connectivity index is 1.41. The fourth-order valence-electron chi connectivity index (χ4n) is 7.32. The van der Waals surface area contributed by atoms with Crippen molar-refractivity contribution in [1.82, 2.24) is 14.7 Å². The van der Waals surface area contributed by atoms with Gasteiger partial charge in [0.05, 0.1) is 18.2 Å². The molecule has 1 saturated heterocycles. The minimum atomic E-state index is -2.67. The predicted octanol–water partition coefficient (Wildman–Crippen LogP) is 1.13. The third-order valence-corrected chi connectivity index (χ3v) is 9.51. The van der Waals surface area contributed by atoms with Crippen molar-refractivity contribution in [2.75, 3.05) is 47.3 Å². The Morgan fingerprint density at radius 1 is 1.09 bits per heavy atom. The number of phenolic OH excluding ortho intramolecular Hbond substituents is 1. The molecule has 43 heavy (non-hydrogen) atoms. The molecule has 3 aliphatic carbocycles. The van der Waals surface area contributed by atoms with Gasteiger partial charge in [-0.2, -0.15) is 0 Å². The number of amides is 1. The number of hydrogen-bond acceptors (Lipinski definition) is 11. The van der Waals surface area contributed by atoms with E-state index in [0.717, 1.165) is 31.9 Å². The molecule has 1 aromatic carbocycles. The van der Waals surface area contributed by atoms with Gasteiger partial charge in [0.1, 0.15) is 34.4 Å². The van der Waals surface area contributed by atoms with E-state index in [-0.39, 0.29) is 29.7 Å². The molecule has 0 radical (unpaired) electrons. The van der Waals surface area contributed by atoms with Gasteiger partial charge in [0.25, 0.3) is 5.91 Å². The quantitative estimate of drug-likeness (QED) is 0.314. The Morgan fingerprint density at radius 2 is 1.79 bits per heavy atom. The van der Waals surface area contributed by atoms with Gasteiger partial charge in [-0.25, -0.2) is 0 Å². The highest BCUT2D eigenvalue weighted by molar-refractivity contribution is 6.24. The molecule has 4 aliphatic rings. The average molecular weight is 593 g/mol. The lowest BCUT2D eigenvalue weighted by atomic mass is 9.58. The maximum atomic E-state index is 14.0. The summed E-state index contributed by atoms with van der Waals surface area (Å²) in [6.07, 6.45) is 0.209. The Bertz CT molecular complexity index is 1600. The smallest absolute Gasteiger partial charge is 0.255 e. The van der Waals surface area contributed by atoms with Crippen LogP contribution >= 0.6 is 0 Å². The molecule has 0 spiro atoms. The lowest BCUT2D eigenvalue weighted by molar-refractivity contribution is -0.148. The standard InChI is InChI=1S/C31H36N4O8/c1-33(2)25-19-13-15-12-18-17(21-7-4-16(43-21)14-35-10-8-34(3)9-11-35)5-6-20(36)23(18)26(37)22(15)28(39)31(19,42)29(40)24(27(25)38)30(32)41/h4-7,15,19,25,36,38-39,42H,8-14H2,1-3H3,(H2,32,41). The van der Waals surface area contributed by atoms with Gasteiger partial charge in [-0.15, -0.1) is 0 Å². The zero-order chi connectivity index (χ0) is 31.0. The molecule has 12 heteroatoms. The highest BCUT2D eigenvalue weighted by atomic mass is 16.4. The number of phenols is 1. The first-order valence-corrected chi connectivity index (χ1v) is 14.3. The van der Waals surface area contributed by atoms with Crippen LogP contribution < -0.4 is 5.73 Å². The summed E-state index contributed by atoms with van der Waals surface area (Å²) in [5, 5.41) is 45.0. The number of ketones is 2. The van der Waals surface area contributed by atoms with Crippen LogP contribution in [0.1, 0.15) is 28.1 Å². The van der Waals surface area contributed by atoms with Crippen LogP contribution in [0.2, 0.25) is 0 Å². The van der Waals surface area contributed by atoms with Gasteiger partial charge >= 0.3 is 0 Å². The summed E-state index contributed by atoms with van der Waals surface area (Å²) >= 11 is 0. The third kappa shape index (κ3) is 4.39. The predicted molar refractivity (Wildman–Crippen MR) is 154 cm³/mol. The van der Waals surface area contributed by atoms with Crippen LogP contribution in [0.4, 0.5) is 0 Å². The molecule has 1 aromatic heterocycles. The number of carbonyl (C=O) groups excluding carboxylic acids is 3. The molecule has 1 aliphatic heterocycles. The molecule has 2 aromatic rings. The number of likely N-dealkylation sites (N-methyl/N-ethyl adjacent to an activating group) is 2. The van der Waals surface area contributed by atoms with Crippen molar-refractivity contribution in [1.29, 1.82) is 0 Å². The lowest BCUT2D eigenvalue weighted by Crippen LogP contribution is -2.63. The van der Waals surface area contributed by atoms with Crippen molar-refractivity contribution < 1.29 is 39.2 Å². The number of Topliss-reactive ketones (excluding diaryl/α,β-unsaturated/α-hetero) is 2. The van der Waals surface area contributed by atoms with E-state index in [9.17, 15) is 34.8 Å². The van der Waals surface area contributed by atoms with Crippen LogP contribution in [0.15, 0.2) is 51.3 Å². The van der Waals surface area contributed by atoms with Gasteiger partial charge in [-0.05, 0) is 69.7 Å². The monoisotopic (exact) mass is 592 g/mol. The Morgan fingerprint density at radius 3 is 2.44 bits per heavy atom. The maximum Gasteiger partial charge on any atom is 0.255 e. The number of aliphatic hydroxyl groups excluding tert-OH is 2. The second-order valence-corrected chi connectivity index (χ2v) is 12.3. The molecule has 6 N–H and O–H groups in total. The van der Waals surface area contributed by atoms with Gasteiger partial charge in [0.2, 0.25) is 5.78 Å². The number of aromatic hydroxyl groups is 1. The van der Waals surface area contributed by atoms with Crippen molar-refractivity contribution in [2.24, 2.45) is 17.6 Å². The summed E-state index contributed by atoms with van der Waals surface area (Å²) in [6.45, 7) is 4.43. The van der Waals surface area contributed by atoms with Crippen LogP contribution in [0.25, 0.3) is 11.3 Å². The van der Waals surface area contributed by atoms with Crippen LogP contribution in [0.5, 0.6) is 5.75 Å². The number of primary amides is 1. The number of hydrogen-bond donors (Lipinski definition) is 5. The van der Waals surface area contributed by atoms with Crippen molar-refractivity contribution >= 4 is 17.5 Å². The van der Waals surface area contributed by atoms with E-state index < -0.39 is 58.0 Å². The van der Waals surface area contributed by atoms with E-state index in [4.69, 9.17) is 10.2 Å². The Labute approximate surface area is 248 Å². The van der Waals surface area contributed by atoms with Crippen LogP contribution in [0.3, 0.4) is 0 Å². The van der Waals surface area contributed by atoms with E-state index in [1.54, 1.807) is 20.2 Å². The number of piperazine rings is 1.